The fourth-order valence-electron chi connectivity index (χ4n) is 3.18. The van der Waals surface area contributed by atoms with E-state index in [1.54, 1.807) is 7.11 Å². The Kier molecular flexibility index (Phi) is 7.46. The van der Waals surface area contributed by atoms with Crippen molar-refractivity contribution in [3.05, 3.63) is 52.2 Å². The van der Waals surface area contributed by atoms with Crippen molar-refractivity contribution in [3.8, 4) is 5.75 Å². The van der Waals surface area contributed by atoms with Gasteiger partial charge in [-0.25, -0.2) is 0 Å². The van der Waals surface area contributed by atoms with E-state index in [-0.39, 0.29) is 0 Å². The molecule has 0 aliphatic carbocycles. The summed E-state index contributed by atoms with van der Waals surface area (Å²) < 4.78 is 10.9. The van der Waals surface area contributed by atoms with Gasteiger partial charge in [0.1, 0.15) is 5.75 Å². The lowest BCUT2D eigenvalue weighted by Gasteiger charge is -2.35. The third kappa shape index (κ3) is 6.07. The van der Waals surface area contributed by atoms with Crippen molar-refractivity contribution in [1.29, 1.82) is 0 Å². The summed E-state index contributed by atoms with van der Waals surface area (Å²) in [5.41, 5.74) is 1.05. The molecular formula is C20H28N2O3S. The predicted octanol–water partition coefficient (Wildman–Crippen LogP) is 2.45. The Bertz CT molecular complexity index is 642. The van der Waals surface area contributed by atoms with Gasteiger partial charge < -0.3 is 14.6 Å². The first-order valence-electron chi connectivity index (χ1n) is 9.09. The van der Waals surface area contributed by atoms with Gasteiger partial charge in [-0.1, -0.05) is 18.2 Å². The molecule has 1 aromatic heterocycles. The summed E-state index contributed by atoms with van der Waals surface area (Å²) in [6, 6.07) is 12.1. The Labute approximate surface area is 159 Å². The number of β-amino-alcohol motifs (C(OH)–C–C–N with tert-alkyl or cyclic N) is 1. The van der Waals surface area contributed by atoms with Gasteiger partial charge in [0.25, 0.3) is 0 Å². The van der Waals surface area contributed by atoms with Crippen LogP contribution in [0.1, 0.15) is 10.4 Å². The Hall–Kier alpha value is -1.44. The topological polar surface area (TPSA) is 45.2 Å². The molecule has 1 aliphatic heterocycles. The number of methoxy groups -OCH3 is 1. The fourth-order valence-corrected chi connectivity index (χ4v) is 3.92. The molecule has 26 heavy (non-hydrogen) atoms. The first-order chi connectivity index (χ1) is 12.7. The lowest BCUT2D eigenvalue weighted by atomic mass is 10.2. The van der Waals surface area contributed by atoms with E-state index in [2.05, 4.69) is 27.3 Å². The number of rotatable bonds is 9. The van der Waals surface area contributed by atoms with Gasteiger partial charge >= 0.3 is 0 Å². The minimum atomic E-state index is -0.454. The van der Waals surface area contributed by atoms with Crippen LogP contribution in [0.4, 0.5) is 0 Å². The Morgan fingerprint density at radius 2 is 1.92 bits per heavy atom. The maximum atomic E-state index is 10.3. The molecule has 1 unspecified atom stereocenters. The summed E-state index contributed by atoms with van der Waals surface area (Å²) in [4.78, 5) is 6.22. The molecule has 5 nitrogen and oxygen atoms in total. The van der Waals surface area contributed by atoms with Crippen LogP contribution in [0, 0.1) is 0 Å². The molecule has 3 rings (SSSR count). The van der Waals surface area contributed by atoms with E-state index in [4.69, 9.17) is 9.47 Å². The van der Waals surface area contributed by atoms with Crippen molar-refractivity contribution < 1.29 is 14.6 Å². The molecule has 0 saturated carbocycles. The van der Waals surface area contributed by atoms with Crippen LogP contribution in [-0.4, -0.2) is 67.5 Å². The first-order valence-corrected chi connectivity index (χ1v) is 9.97. The lowest BCUT2D eigenvalue weighted by Crippen LogP contribution is -2.48. The highest BCUT2D eigenvalue weighted by molar-refractivity contribution is 7.09. The second-order valence-electron chi connectivity index (χ2n) is 6.68. The zero-order chi connectivity index (χ0) is 18.2. The monoisotopic (exact) mass is 376 g/mol. The summed E-state index contributed by atoms with van der Waals surface area (Å²) in [6.07, 6.45) is -0.454. The molecule has 1 N–H and O–H groups in total. The maximum absolute atomic E-state index is 10.3. The minimum absolute atomic E-state index is 0.354. The molecule has 2 aromatic rings. The largest absolute Gasteiger partial charge is 0.497 e. The zero-order valence-corrected chi connectivity index (χ0v) is 16.2. The number of nitrogens with zero attached hydrogens (tertiary/aromatic N) is 2. The van der Waals surface area contributed by atoms with E-state index in [1.165, 1.54) is 4.88 Å². The highest BCUT2D eigenvalue weighted by Gasteiger charge is 2.19. The second kappa shape index (κ2) is 10.0. The number of aliphatic hydroxyl groups is 1. The molecule has 0 bridgehead atoms. The van der Waals surface area contributed by atoms with Crippen LogP contribution in [0.5, 0.6) is 5.75 Å². The molecule has 0 amide bonds. The van der Waals surface area contributed by atoms with Crippen LogP contribution in [0.3, 0.4) is 0 Å². The van der Waals surface area contributed by atoms with Crippen molar-refractivity contribution in [3.63, 3.8) is 0 Å². The molecule has 0 radical (unpaired) electrons. The molecule has 1 fully saturated rings. The van der Waals surface area contributed by atoms with Crippen molar-refractivity contribution >= 4 is 11.3 Å². The summed E-state index contributed by atoms with van der Waals surface area (Å²) in [5.74, 6) is 0.826. The summed E-state index contributed by atoms with van der Waals surface area (Å²) >= 11 is 1.82. The number of benzene rings is 1. The highest BCUT2D eigenvalue weighted by Crippen LogP contribution is 2.15. The molecule has 6 heteroatoms. The number of hydrogen-bond acceptors (Lipinski definition) is 6. The Morgan fingerprint density at radius 3 is 2.65 bits per heavy atom. The number of aliphatic hydroxyl groups excluding tert-OH is 1. The van der Waals surface area contributed by atoms with Crippen molar-refractivity contribution in [2.75, 3.05) is 46.4 Å². The lowest BCUT2D eigenvalue weighted by molar-refractivity contribution is 0.000914. The van der Waals surface area contributed by atoms with Crippen LogP contribution >= 0.6 is 11.3 Å². The first kappa shape index (κ1) is 19.3. The molecule has 2 heterocycles. The molecule has 1 aromatic carbocycles. The van der Waals surface area contributed by atoms with E-state index in [0.29, 0.717) is 19.8 Å². The second-order valence-corrected chi connectivity index (χ2v) is 7.71. The molecule has 0 spiro atoms. The van der Waals surface area contributed by atoms with Crippen molar-refractivity contribution in [2.45, 2.75) is 19.3 Å². The van der Waals surface area contributed by atoms with Crippen molar-refractivity contribution in [1.82, 2.24) is 9.80 Å². The number of ether oxygens (including phenoxy) is 2. The molecule has 142 valence electrons. The number of thiophene rings is 1. The third-order valence-corrected chi connectivity index (χ3v) is 5.47. The van der Waals surface area contributed by atoms with Crippen LogP contribution < -0.4 is 4.74 Å². The predicted molar refractivity (Wildman–Crippen MR) is 105 cm³/mol. The van der Waals surface area contributed by atoms with E-state index >= 15 is 0 Å². The summed E-state index contributed by atoms with van der Waals surface area (Å²) in [6.45, 7) is 6.65. The quantitative estimate of drug-likeness (QED) is 0.728. The number of piperazine rings is 1. The average molecular weight is 377 g/mol. The van der Waals surface area contributed by atoms with Gasteiger partial charge in [-0.2, -0.15) is 0 Å². The standard InChI is InChI=1S/C20H28N2O3S/c1-24-19-5-2-4-17(12-19)15-25-16-18(23)13-21-7-9-22(10-8-21)14-20-6-3-11-26-20/h2-6,11-12,18,23H,7-10,13-16H2,1H3. The maximum Gasteiger partial charge on any atom is 0.119 e. The van der Waals surface area contributed by atoms with Crippen LogP contribution in [-0.2, 0) is 17.9 Å². The molecule has 1 aliphatic rings. The zero-order valence-electron chi connectivity index (χ0n) is 15.3. The van der Waals surface area contributed by atoms with Gasteiger partial charge in [-0.3, -0.25) is 9.80 Å². The van der Waals surface area contributed by atoms with Crippen LogP contribution in [0.15, 0.2) is 41.8 Å². The van der Waals surface area contributed by atoms with E-state index in [9.17, 15) is 5.11 Å². The van der Waals surface area contributed by atoms with Crippen LogP contribution in [0.2, 0.25) is 0 Å². The average Bonchev–Trinajstić information content (AvgIpc) is 3.16. The van der Waals surface area contributed by atoms with Crippen LogP contribution in [0.25, 0.3) is 0 Å². The normalized spacial score (nSPS) is 17.3. The van der Waals surface area contributed by atoms with E-state index in [0.717, 1.165) is 44.0 Å². The minimum Gasteiger partial charge on any atom is -0.497 e. The third-order valence-electron chi connectivity index (χ3n) is 4.61. The van der Waals surface area contributed by atoms with Gasteiger partial charge in [-0.15, -0.1) is 11.3 Å². The van der Waals surface area contributed by atoms with E-state index < -0.39 is 6.10 Å². The summed E-state index contributed by atoms with van der Waals surface area (Å²) in [7, 11) is 1.66. The van der Waals surface area contributed by atoms with Gasteiger partial charge in [0.05, 0.1) is 26.4 Å². The fraction of sp³-hybridized carbons (Fsp3) is 0.500. The van der Waals surface area contributed by atoms with Gasteiger partial charge in [-0.05, 0) is 29.1 Å². The van der Waals surface area contributed by atoms with Gasteiger partial charge in [0, 0.05) is 44.1 Å². The van der Waals surface area contributed by atoms with E-state index in [1.807, 2.05) is 35.6 Å². The Morgan fingerprint density at radius 1 is 1.12 bits per heavy atom. The van der Waals surface area contributed by atoms with Gasteiger partial charge in [0.15, 0.2) is 0 Å². The SMILES string of the molecule is COc1cccc(COCC(O)CN2CCN(Cc3cccs3)CC2)c1. The highest BCUT2D eigenvalue weighted by atomic mass is 32.1. The van der Waals surface area contributed by atoms with Crippen molar-refractivity contribution in [2.24, 2.45) is 0 Å². The van der Waals surface area contributed by atoms with Gasteiger partial charge in [0.2, 0.25) is 0 Å². The number of hydrogen-bond donors (Lipinski definition) is 1. The summed E-state index contributed by atoms with van der Waals surface area (Å²) in [5, 5.41) is 12.4. The smallest absolute Gasteiger partial charge is 0.119 e. The molecule has 1 atom stereocenters. The molecular weight excluding hydrogens is 348 g/mol. The Balaban J connectivity index is 1.32. The molecule has 1 saturated heterocycles.